The molecule has 1 aromatic heterocycles. The third-order valence-corrected chi connectivity index (χ3v) is 6.37. The van der Waals surface area contributed by atoms with Crippen LogP contribution in [-0.4, -0.2) is 28.5 Å². The molecular weight excluding hydrogens is 372 g/mol. The van der Waals surface area contributed by atoms with Gasteiger partial charge in [0.1, 0.15) is 9.88 Å². The van der Waals surface area contributed by atoms with Gasteiger partial charge >= 0.3 is 5.97 Å². The minimum absolute atomic E-state index is 0.126. The Hall–Kier alpha value is -1.92. The molecule has 138 valence electrons. The van der Waals surface area contributed by atoms with Gasteiger partial charge in [-0.25, -0.2) is 4.98 Å². The van der Waals surface area contributed by atoms with Gasteiger partial charge in [0, 0.05) is 12.1 Å². The lowest BCUT2D eigenvalue weighted by molar-refractivity contribution is -0.143. The molecular formula is C19H21ClN2O3S. The number of amides is 1. The molecule has 0 atom stereocenters. The molecule has 3 rings (SSSR count). The first kappa shape index (κ1) is 18.9. The molecule has 0 radical (unpaired) electrons. The Kier molecular flexibility index (Phi) is 5.94. The van der Waals surface area contributed by atoms with Gasteiger partial charge in [0.15, 0.2) is 0 Å². The van der Waals surface area contributed by atoms with Crippen LogP contribution in [0.5, 0.6) is 0 Å². The molecule has 0 bridgehead atoms. The second-order valence-electron chi connectivity index (χ2n) is 6.68. The number of carbonyl (C=O) groups excluding carboxylic acids is 1. The highest BCUT2D eigenvalue weighted by Crippen LogP contribution is 2.33. The van der Waals surface area contributed by atoms with Gasteiger partial charge in [0.05, 0.1) is 16.6 Å². The molecule has 2 aromatic rings. The quantitative estimate of drug-likeness (QED) is 0.790. The number of hydrogen-bond acceptors (Lipinski definition) is 4. The fourth-order valence-corrected chi connectivity index (χ4v) is 4.59. The minimum atomic E-state index is -0.708. The van der Waals surface area contributed by atoms with Crippen molar-refractivity contribution in [1.82, 2.24) is 10.3 Å². The van der Waals surface area contributed by atoms with E-state index in [0.29, 0.717) is 40.9 Å². The van der Waals surface area contributed by atoms with Crippen molar-refractivity contribution in [3.05, 3.63) is 39.9 Å². The van der Waals surface area contributed by atoms with Gasteiger partial charge in [-0.3, -0.25) is 9.59 Å². The van der Waals surface area contributed by atoms with Crippen LogP contribution in [0.3, 0.4) is 0 Å². The van der Waals surface area contributed by atoms with E-state index in [1.54, 1.807) is 6.07 Å². The third-order valence-electron chi connectivity index (χ3n) is 4.85. The van der Waals surface area contributed by atoms with Crippen molar-refractivity contribution in [3.8, 4) is 10.6 Å². The first-order valence-electron chi connectivity index (χ1n) is 8.69. The SMILES string of the molecule is Cc1nc(-c2ccccc2Cl)sc1C(=O)NCC1CCC(C(=O)O)CC1. The van der Waals surface area contributed by atoms with E-state index in [4.69, 9.17) is 16.7 Å². The maximum Gasteiger partial charge on any atom is 0.306 e. The summed E-state index contributed by atoms with van der Waals surface area (Å²) < 4.78 is 0. The van der Waals surface area contributed by atoms with Crippen molar-refractivity contribution in [2.75, 3.05) is 6.54 Å². The number of benzene rings is 1. The monoisotopic (exact) mass is 392 g/mol. The Balaban J connectivity index is 1.61. The van der Waals surface area contributed by atoms with Crippen molar-refractivity contribution in [1.29, 1.82) is 0 Å². The Morgan fingerprint density at radius 1 is 1.27 bits per heavy atom. The molecule has 1 heterocycles. The zero-order valence-electron chi connectivity index (χ0n) is 14.5. The summed E-state index contributed by atoms with van der Waals surface area (Å²) in [6.07, 6.45) is 3.05. The molecule has 0 aliphatic heterocycles. The molecule has 26 heavy (non-hydrogen) atoms. The van der Waals surface area contributed by atoms with E-state index in [1.807, 2.05) is 25.1 Å². The zero-order chi connectivity index (χ0) is 18.7. The lowest BCUT2D eigenvalue weighted by Crippen LogP contribution is -2.32. The number of aryl methyl sites for hydroxylation is 1. The maximum atomic E-state index is 12.5. The van der Waals surface area contributed by atoms with Crippen LogP contribution in [0.25, 0.3) is 10.6 Å². The van der Waals surface area contributed by atoms with Gasteiger partial charge < -0.3 is 10.4 Å². The second-order valence-corrected chi connectivity index (χ2v) is 8.09. The standard InChI is InChI=1S/C19H21ClN2O3S/c1-11-16(26-18(22-11)14-4-2-3-5-15(14)20)17(23)21-10-12-6-8-13(9-7-12)19(24)25/h2-5,12-13H,6-10H2,1H3,(H,21,23)(H,24,25). The number of aromatic nitrogens is 1. The number of nitrogens with one attached hydrogen (secondary N) is 1. The van der Waals surface area contributed by atoms with Crippen LogP contribution >= 0.6 is 22.9 Å². The third kappa shape index (κ3) is 4.24. The highest BCUT2D eigenvalue weighted by atomic mass is 35.5. The summed E-state index contributed by atoms with van der Waals surface area (Å²) in [5, 5.41) is 13.4. The van der Waals surface area contributed by atoms with E-state index in [9.17, 15) is 9.59 Å². The fraction of sp³-hybridized carbons (Fsp3) is 0.421. The van der Waals surface area contributed by atoms with E-state index in [-0.39, 0.29) is 11.8 Å². The predicted octanol–water partition coefficient (Wildman–Crippen LogP) is 4.39. The van der Waals surface area contributed by atoms with Gasteiger partial charge in [0.2, 0.25) is 0 Å². The predicted molar refractivity (Wildman–Crippen MR) is 103 cm³/mol. The summed E-state index contributed by atoms with van der Waals surface area (Å²) in [4.78, 5) is 28.6. The molecule has 1 aliphatic carbocycles. The number of carboxylic acids is 1. The van der Waals surface area contributed by atoms with Crippen molar-refractivity contribution in [3.63, 3.8) is 0 Å². The topological polar surface area (TPSA) is 79.3 Å². The summed E-state index contributed by atoms with van der Waals surface area (Å²) in [6, 6.07) is 7.45. The molecule has 5 nitrogen and oxygen atoms in total. The average Bonchev–Trinajstić information content (AvgIpc) is 3.02. The van der Waals surface area contributed by atoms with Crippen LogP contribution in [-0.2, 0) is 4.79 Å². The van der Waals surface area contributed by atoms with Gasteiger partial charge in [-0.15, -0.1) is 11.3 Å². The van der Waals surface area contributed by atoms with Crippen LogP contribution in [0.1, 0.15) is 41.0 Å². The van der Waals surface area contributed by atoms with Crippen LogP contribution in [0.15, 0.2) is 24.3 Å². The van der Waals surface area contributed by atoms with E-state index < -0.39 is 5.97 Å². The van der Waals surface area contributed by atoms with Crippen LogP contribution in [0.4, 0.5) is 0 Å². The van der Waals surface area contributed by atoms with E-state index in [1.165, 1.54) is 11.3 Å². The minimum Gasteiger partial charge on any atom is -0.481 e. The van der Waals surface area contributed by atoms with Crippen LogP contribution in [0, 0.1) is 18.8 Å². The molecule has 1 amide bonds. The molecule has 1 saturated carbocycles. The fourth-order valence-electron chi connectivity index (χ4n) is 3.29. The summed E-state index contributed by atoms with van der Waals surface area (Å²) in [7, 11) is 0. The number of aliphatic carboxylic acids is 1. The number of carboxylic acid groups (broad SMARTS) is 1. The van der Waals surface area contributed by atoms with E-state index in [0.717, 1.165) is 23.4 Å². The second kappa shape index (κ2) is 8.18. The molecule has 0 spiro atoms. The van der Waals surface area contributed by atoms with E-state index in [2.05, 4.69) is 10.3 Å². The molecule has 1 fully saturated rings. The highest BCUT2D eigenvalue weighted by Gasteiger charge is 2.26. The summed E-state index contributed by atoms with van der Waals surface area (Å²) in [5.41, 5.74) is 1.52. The van der Waals surface area contributed by atoms with Crippen molar-refractivity contribution in [2.24, 2.45) is 11.8 Å². The van der Waals surface area contributed by atoms with Crippen molar-refractivity contribution < 1.29 is 14.7 Å². The van der Waals surface area contributed by atoms with Crippen LogP contribution < -0.4 is 5.32 Å². The Morgan fingerprint density at radius 3 is 2.62 bits per heavy atom. The zero-order valence-corrected chi connectivity index (χ0v) is 16.1. The summed E-state index contributed by atoms with van der Waals surface area (Å²) in [6.45, 7) is 2.40. The Labute approximate surface area is 161 Å². The Morgan fingerprint density at radius 2 is 1.96 bits per heavy atom. The smallest absolute Gasteiger partial charge is 0.306 e. The lowest BCUT2D eigenvalue weighted by atomic mass is 9.82. The molecule has 1 aliphatic rings. The van der Waals surface area contributed by atoms with Gasteiger partial charge in [-0.05, 0) is 44.6 Å². The molecule has 0 saturated heterocycles. The number of halogens is 1. The van der Waals surface area contributed by atoms with Gasteiger partial charge in [-0.1, -0.05) is 29.8 Å². The molecule has 1 aromatic carbocycles. The number of rotatable bonds is 5. The average molecular weight is 393 g/mol. The number of carbonyl (C=O) groups is 2. The van der Waals surface area contributed by atoms with Crippen LogP contribution in [0.2, 0.25) is 5.02 Å². The molecule has 0 unspecified atom stereocenters. The maximum absolute atomic E-state index is 12.5. The number of hydrogen-bond donors (Lipinski definition) is 2. The first-order valence-corrected chi connectivity index (χ1v) is 9.88. The van der Waals surface area contributed by atoms with Gasteiger partial charge in [-0.2, -0.15) is 0 Å². The molecule has 7 heteroatoms. The van der Waals surface area contributed by atoms with E-state index >= 15 is 0 Å². The first-order chi connectivity index (χ1) is 12.5. The lowest BCUT2D eigenvalue weighted by Gasteiger charge is -2.26. The largest absolute Gasteiger partial charge is 0.481 e. The number of thiazole rings is 1. The highest BCUT2D eigenvalue weighted by molar-refractivity contribution is 7.17. The van der Waals surface area contributed by atoms with Gasteiger partial charge in [0.25, 0.3) is 5.91 Å². The summed E-state index contributed by atoms with van der Waals surface area (Å²) in [5.74, 6) is -0.728. The Bertz CT molecular complexity index is 813. The molecule has 2 N–H and O–H groups in total. The normalized spacial score (nSPS) is 19.9. The number of nitrogens with zero attached hydrogens (tertiary/aromatic N) is 1. The van der Waals surface area contributed by atoms with Crippen molar-refractivity contribution in [2.45, 2.75) is 32.6 Å². The summed E-state index contributed by atoms with van der Waals surface area (Å²) >= 11 is 7.56. The van der Waals surface area contributed by atoms with Crippen molar-refractivity contribution >= 4 is 34.8 Å².